The lowest BCUT2D eigenvalue weighted by molar-refractivity contribution is -0.121. The highest BCUT2D eigenvalue weighted by molar-refractivity contribution is 5.86. The van der Waals surface area contributed by atoms with Crippen molar-refractivity contribution in [3.05, 3.63) is 6.07 Å². The van der Waals surface area contributed by atoms with Crippen LogP contribution in [-0.4, -0.2) is 21.4 Å². The number of nitrogens with two attached hydrogens (primary N) is 3. The van der Waals surface area contributed by atoms with Gasteiger partial charge < -0.3 is 22.2 Å². The van der Waals surface area contributed by atoms with Crippen molar-refractivity contribution in [1.82, 2.24) is 9.97 Å². The molecule has 0 spiro atoms. The Kier molecular flexibility index (Phi) is 3.14. The van der Waals surface area contributed by atoms with Crippen molar-refractivity contribution in [2.45, 2.75) is 19.4 Å². The van der Waals surface area contributed by atoms with E-state index in [0.717, 1.165) is 0 Å². The van der Waals surface area contributed by atoms with Crippen LogP contribution in [0.2, 0.25) is 0 Å². The van der Waals surface area contributed by atoms with Crippen molar-refractivity contribution in [1.29, 1.82) is 0 Å². The van der Waals surface area contributed by atoms with E-state index < -0.39 is 11.4 Å². The largest absolute Gasteiger partial charge is 0.368 e. The maximum atomic E-state index is 11.1. The first-order valence-corrected chi connectivity index (χ1v) is 4.54. The normalized spacial score (nSPS) is 10.9. The van der Waals surface area contributed by atoms with E-state index in [1.165, 1.54) is 6.07 Å². The number of primary amides is 1. The van der Waals surface area contributed by atoms with Crippen LogP contribution in [0.3, 0.4) is 0 Å². The summed E-state index contributed by atoms with van der Waals surface area (Å²) >= 11 is 0. The molecule has 16 heavy (non-hydrogen) atoms. The molecular weight excluding hydrogens is 210 g/mol. The predicted molar refractivity (Wildman–Crippen MR) is 61.2 cm³/mol. The molecule has 8 nitrogen and oxygen atoms in total. The molecule has 0 saturated heterocycles. The monoisotopic (exact) mass is 225 g/mol. The molecule has 0 fully saturated rings. The molecule has 0 aliphatic rings. The van der Waals surface area contributed by atoms with Gasteiger partial charge in [-0.2, -0.15) is 9.97 Å². The van der Waals surface area contributed by atoms with Crippen molar-refractivity contribution in [2.24, 2.45) is 11.6 Å². The summed E-state index contributed by atoms with van der Waals surface area (Å²) in [6.07, 6.45) is 0. The van der Waals surface area contributed by atoms with Gasteiger partial charge in [-0.25, -0.2) is 5.84 Å². The Bertz CT molecular complexity index is 403. The van der Waals surface area contributed by atoms with Gasteiger partial charge in [-0.1, -0.05) is 0 Å². The van der Waals surface area contributed by atoms with Crippen LogP contribution in [0.15, 0.2) is 6.07 Å². The molecule has 0 aliphatic carbocycles. The lowest BCUT2D eigenvalue weighted by Crippen LogP contribution is -2.45. The van der Waals surface area contributed by atoms with Crippen LogP contribution in [0.5, 0.6) is 0 Å². The van der Waals surface area contributed by atoms with Gasteiger partial charge in [0, 0.05) is 6.07 Å². The fourth-order valence-electron chi connectivity index (χ4n) is 0.986. The number of rotatable bonds is 4. The number of carbonyl (C=O) groups is 1. The molecule has 8 N–H and O–H groups in total. The minimum atomic E-state index is -0.938. The summed E-state index contributed by atoms with van der Waals surface area (Å²) in [6, 6.07) is 1.51. The van der Waals surface area contributed by atoms with Crippen molar-refractivity contribution in [3.8, 4) is 0 Å². The van der Waals surface area contributed by atoms with E-state index in [0.29, 0.717) is 11.6 Å². The summed E-state index contributed by atoms with van der Waals surface area (Å²) in [5.74, 6) is 5.44. The number of nitrogen functional groups attached to an aromatic ring is 2. The van der Waals surface area contributed by atoms with E-state index in [1.54, 1.807) is 13.8 Å². The van der Waals surface area contributed by atoms with Crippen LogP contribution in [0, 0.1) is 0 Å². The number of anilines is 3. The van der Waals surface area contributed by atoms with Crippen LogP contribution in [0.1, 0.15) is 13.8 Å². The Morgan fingerprint density at radius 1 is 1.38 bits per heavy atom. The quantitative estimate of drug-likeness (QED) is 0.327. The zero-order valence-corrected chi connectivity index (χ0v) is 9.11. The Morgan fingerprint density at radius 3 is 2.44 bits per heavy atom. The fourth-order valence-corrected chi connectivity index (χ4v) is 0.986. The fraction of sp³-hybridized carbons (Fsp3) is 0.375. The standard InChI is InChI=1S/C8H15N7O/c1-8(2,6(9)16)14-4-3-5(15-11)13-7(10)12-4/h3H,11H2,1-2H3,(H2,9,16)(H4,10,12,13,14,15). The summed E-state index contributed by atoms with van der Waals surface area (Å²) < 4.78 is 0. The van der Waals surface area contributed by atoms with Crippen molar-refractivity contribution in [3.63, 3.8) is 0 Å². The van der Waals surface area contributed by atoms with Crippen LogP contribution in [0.25, 0.3) is 0 Å². The van der Waals surface area contributed by atoms with Gasteiger partial charge in [0.2, 0.25) is 11.9 Å². The first-order chi connectivity index (χ1) is 7.35. The van der Waals surface area contributed by atoms with Gasteiger partial charge in [-0.3, -0.25) is 4.79 Å². The molecule has 0 aromatic carbocycles. The highest BCUT2D eigenvalue weighted by Gasteiger charge is 2.25. The zero-order chi connectivity index (χ0) is 12.3. The van der Waals surface area contributed by atoms with Gasteiger partial charge in [0.05, 0.1) is 0 Å². The number of nitrogens with one attached hydrogen (secondary N) is 2. The summed E-state index contributed by atoms with van der Waals surface area (Å²) in [7, 11) is 0. The first-order valence-electron chi connectivity index (χ1n) is 4.54. The SMILES string of the molecule is CC(C)(Nc1cc(NN)nc(N)n1)C(N)=O. The third-order valence-electron chi connectivity index (χ3n) is 1.95. The van der Waals surface area contributed by atoms with Gasteiger partial charge in [-0.15, -0.1) is 0 Å². The Morgan fingerprint density at radius 2 is 1.94 bits per heavy atom. The average molecular weight is 225 g/mol. The van der Waals surface area contributed by atoms with Gasteiger partial charge in [-0.05, 0) is 13.8 Å². The lowest BCUT2D eigenvalue weighted by atomic mass is 10.1. The van der Waals surface area contributed by atoms with E-state index in [-0.39, 0.29) is 5.95 Å². The minimum Gasteiger partial charge on any atom is -0.368 e. The highest BCUT2D eigenvalue weighted by atomic mass is 16.1. The molecule has 1 rings (SSSR count). The molecule has 1 aromatic rings. The van der Waals surface area contributed by atoms with Gasteiger partial charge in [0.25, 0.3) is 0 Å². The molecule has 1 heterocycles. The summed E-state index contributed by atoms with van der Waals surface area (Å²) in [5.41, 5.74) is 12.1. The second-order valence-electron chi connectivity index (χ2n) is 3.76. The predicted octanol–water partition coefficient (Wildman–Crippen LogP) is -0.980. The maximum absolute atomic E-state index is 11.1. The number of hydrogen-bond donors (Lipinski definition) is 5. The molecule has 0 atom stereocenters. The Hall–Kier alpha value is -2.09. The first kappa shape index (κ1) is 12.0. The number of carbonyl (C=O) groups excluding carboxylic acids is 1. The third-order valence-corrected chi connectivity index (χ3v) is 1.95. The van der Waals surface area contributed by atoms with Gasteiger partial charge >= 0.3 is 0 Å². The maximum Gasteiger partial charge on any atom is 0.242 e. The highest BCUT2D eigenvalue weighted by Crippen LogP contribution is 2.16. The van der Waals surface area contributed by atoms with E-state index in [9.17, 15) is 4.79 Å². The number of aromatic nitrogens is 2. The Balaban J connectivity index is 2.97. The smallest absolute Gasteiger partial charge is 0.242 e. The van der Waals surface area contributed by atoms with Gasteiger partial charge in [0.15, 0.2) is 0 Å². The topological polar surface area (TPSA) is 145 Å². The molecule has 1 aromatic heterocycles. The number of amides is 1. The van der Waals surface area contributed by atoms with E-state index in [1.807, 2.05) is 0 Å². The lowest BCUT2D eigenvalue weighted by Gasteiger charge is -2.23. The molecule has 0 saturated carbocycles. The van der Waals surface area contributed by atoms with Crippen LogP contribution in [-0.2, 0) is 4.79 Å². The molecule has 1 amide bonds. The van der Waals surface area contributed by atoms with Crippen LogP contribution >= 0.6 is 0 Å². The van der Waals surface area contributed by atoms with Crippen molar-refractivity contribution in [2.75, 3.05) is 16.5 Å². The molecular formula is C8H15N7O. The second-order valence-corrected chi connectivity index (χ2v) is 3.76. The van der Waals surface area contributed by atoms with Crippen LogP contribution < -0.4 is 28.1 Å². The second kappa shape index (κ2) is 4.19. The number of hydrazine groups is 1. The molecule has 0 bridgehead atoms. The third kappa shape index (κ3) is 2.70. The Labute approximate surface area is 92.6 Å². The molecule has 0 aliphatic heterocycles. The minimum absolute atomic E-state index is 0.0400. The molecule has 8 heteroatoms. The number of hydrogen-bond acceptors (Lipinski definition) is 7. The van der Waals surface area contributed by atoms with E-state index in [4.69, 9.17) is 17.3 Å². The average Bonchev–Trinajstić information content (AvgIpc) is 2.15. The van der Waals surface area contributed by atoms with Crippen molar-refractivity contribution < 1.29 is 4.79 Å². The van der Waals surface area contributed by atoms with E-state index in [2.05, 4.69) is 20.7 Å². The number of nitrogens with zero attached hydrogens (tertiary/aromatic N) is 2. The summed E-state index contributed by atoms with van der Waals surface area (Å²) in [6.45, 7) is 3.26. The molecule has 88 valence electrons. The van der Waals surface area contributed by atoms with Gasteiger partial charge in [0.1, 0.15) is 17.2 Å². The summed E-state index contributed by atoms with van der Waals surface area (Å²) in [5, 5.41) is 2.83. The molecule has 0 unspecified atom stereocenters. The zero-order valence-electron chi connectivity index (χ0n) is 9.11. The summed E-state index contributed by atoms with van der Waals surface area (Å²) in [4.78, 5) is 18.8. The van der Waals surface area contributed by atoms with Crippen LogP contribution in [0.4, 0.5) is 17.6 Å². The van der Waals surface area contributed by atoms with E-state index >= 15 is 0 Å². The molecule has 0 radical (unpaired) electrons. The van der Waals surface area contributed by atoms with Crippen molar-refractivity contribution >= 4 is 23.5 Å².